The molecule has 2 N–H and O–H groups in total. The van der Waals surface area contributed by atoms with Crippen LogP contribution in [0.3, 0.4) is 0 Å². The van der Waals surface area contributed by atoms with Gasteiger partial charge in [-0.05, 0) is 50.7 Å². The van der Waals surface area contributed by atoms with Crippen LogP contribution in [0.25, 0.3) is 0 Å². The summed E-state index contributed by atoms with van der Waals surface area (Å²) in [5.41, 5.74) is 0. The van der Waals surface area contributed by atoms with Crippen LogP contribution >= 0.6 is 35.3 Å². The molecule has 0 bridgehead atoms. The lowest BCUT2D eigenvalue weighted by atomic mass is 10.3. The van der Waals surface area contributed by atoms with E-state index in [2.05, 4.69) is 15.6 Å². The van der Waals surface area contributed by atoms with E-state index >= 15 is 0 Å². The second-order valence-corrected chi connectivity index (χ2v) is 10.5. The Morgan fingerprint density at radius 3 is 2.60 bits per heavy atom. The molecule has 1 aliphatic carbocycles. The Morgan fingerprint density at radius 2 is 1.97 bits per heavy atom. The molecule has 0 spiro atoms. The number of ether oxygens (including phenoxy) is 1. The summed E-state index contributed by atoms with van der Waals surface area (Å²) in [6.45, 7) is 10.6. The molecule has 1 fully saturated rings. The largest absolute Gasteiger partial charge is 0.381 e. The van der Waals surface area contributed by atoms with Crippen molar-refractivity contribution < 1.29 is 13.2 Å². The number of sulfonamides is 1. The molecule has 30 heavy (non-hydrogen) atoms. The smallest absolute Gasteiger partial charge is 0.252 e. The van der Waals surface area contributed by atoms with E-state index in [1.165, 1.54) is 28.5 Å². The van der Waals surface area contributed by atoms with Gasteiger partial charge in [0, 0.05) is 50.8 Å². The van der Waals surface area contributed by atoms with Crippen LogP contribution in [-0.4, -0.2) is 64.6 Å². The number of nitrogens with one attached hydrogen (secondary N) is 2. The lowest BCUT2D eigenvalue weighted by Gasteiger charge is -2.16. The fourth-order valence-corrected chi connectivity index (χ4v) is 5.83. The maximum Gasteiger partial charge on any atom is 0.252 e. The molecule has 1 saturated carbocycles. The maximum absolute atomic E-state index is 12.6. The van der Waals surface area contributed by atoms with Gasteiger partial charge in [0.1, 0.15) is 4.21 Å². The molecule has 7 nitrogen and oxygen atoms in total. The van der Waals surface area contributed by atoms with Gasteiger partial charge >= 0.3 is 0 Å². The lowest BCUT2D eigenvalue weighted by molar-refractivity contribution is 0.123. The van der Waals surface area contributed by atoms with Crippen molar-refractivity contribution in [3.63, 3.8) is 0 Å². The molecule has 0 atom stereocenters. The Morgan fingerprint density at radius 1 is 1.23 bits per heavy atom. The standard InChI is InChI=1S/C20H36N4O3S2.HI/c1-4-21-20(22-13-7-15-27-16-17-8-9-17)23-14-12-18-10-11-19(28-18)29(25,26)24(5-2)6-3;/h10-11,17H,4-9,12-16H2,1-3H3,(H2,21,22,23);1H. The number of guanidine groups is 1. The van der Waals surface area contributed by atoms with Gasteiger partial charge in [-0.1, -0.05) is 13.8 Å². The van der Waals surface area contributed by atoms with Crippen molar-refractivity contribution >= 4 is 51.3 Å². The van der Waals surface area contributed by atoms with Gasteiger partial charge in [0.15, 0.2) is 5.96 Å². The van der Waals surface area contributed by atoms with E-state index < -0.39 is 10.0 Å². The van der Waals surface area contributed by atoms with E-state index in [-0.39, 0.29) is 24.0 Å². The zero-order valence-electron chi connectivity index (χ0n) is 18.4. The summed E-state index contributed by atoms with van der Waals surface area (Å²) in [5, 5.41) is 6.57. The van der Waals surface area contributed by atoms with E-state index in [0.717, 1.165) is 55.9 Å². The lowest BCUT2D eigenvalue weighted by Crippen LogP contribution is -2.38. The number of thiophene rings is 1. The summed E-state index contributed by atoms with van der Waals surface area (Å²) in [7, 11) is -3.37. The monoisotopic (exact) mass is 572 g/mol. The average Bonchev–Trinajstić information content (AvgIpc) is 3.39. The van der Waals surface area contributed by atoms with Crippen molar-refractivity contribution in [2.45, 2.75) is 50.7 Å². The SMILES string of the molecule is CCNC(=NCCCOCC1CC1)NCCc1ccc(S(=O)(=O)N(CC)CC)s1.I. The average molecular weight is 573 g/mol. The van der Waals surface area contributed by atoms with Crippen LogP contribution in [0.4, 0.5) is 0 Å². The summed E-state index contributed by atoms with van der Waals surface area (Å²) in [5.74, 6) is 1.60. The quantitative estimate of drug-likeness (QED) is 0.155. The minimum atomic E-state index is -3.37. The molecule has 1 aromatic heterocycles. The highest BCUT2D eigenvalue weighted by atomic mass is 127. The number of rotatable bonds is 14. The Bertz CT molecular complexity index is 732. The van der Waals surface area contributed by atoms with E-state index in [4.69, 9.17) is 4.74 Å². The molecule has 2 rings (SSSR count). The van der Waals surface area contributed by atoms with Gasteiger partial charge in [-0.3, -0.25) is 4.99 Å². The summed E-state index contributed by atoms with van der Waals surface area (Å²) >= 11 is 1.35. The van der Waals surface area contributed by atoms with Crippen LogP contribution in [0.15, 0.2) is 21.3 Å². The van der Waals surface area contributed by atoms with Crippen LogP contribution in [-0.2, 0) is 21.2 Å². The molecule has 0 aromatic carbocycles. The minimum absolute atomic E-state index is 0. The van der Waals surface area contributed by atoms with Crippen molar-refractivity contribution in [2.24, 2.45) is 10.9 Å². The molecule has 174 valence electrons. The maximum atomic E-state index is 12.6. The molecule has 0 unspecified atom stereocenters. The van der Waals surface area contributed by atoms with Gasteiger partial charge < -0.3 is 15.4 Å². The van der Waals surface area contributed by atoms with Gasteiger partial charge in [-0.2, -0.15) is 4.31 Å². The summed E-state index contributed by atoms with van der Waals surface area (Å²) in [6.07, 6.45) is 4.31. The third-order valence-electron chi connectivity index (χ3n) is 4.71. The van der Waals surface area contributed by atoms with Gasteiger partial charge in [0.2, 0.25) is 0 Å². The zero-order chi connectivity index (χ0) is 21.1. The fraction of sp³-hybridized carbons (Fsp3) is 0.750. The van der Waals surface area contributed by atoms with Crippen LogP contribution in [0.1, 0.15) is 44.9 Å². The minimum Gasteiger partial charge on any atom is -0.381 e. The van der Waals surface area contributed by atoms with Gasteiger partial charge in [0.05, 0.1) is 0 Å². The van der Waals surface area contributed by atoms with Gasteiger partial charge in [-0.15, -0.1) is 35.3 Å². The van der Waals surface area contributed by atoms with Crippen molar-refractivity contribution in [3.05, 3.63) is 17.0 Å². The zero-order valence-corrected chi connectivity index (χ0v) is 22.3. The van der Waals surface area contributed by atoms with E-state index in [0.29, 0.717) is 23.8 Å². The van der Waals surface area contributed by atoms with Gasteiger partial charge in [-0.25, -0.2) is 8.42 Å². The third-order valence-corrected chi connectivity index (χ3v) is 8.37. The number of aliphatic imine (C=N–C) groups is 1. The first-order chi connectivity index (χ1) is 14.0. The first-order valence-electron chi connectivity index (χ1n) is 10.7. The van der Waals surface area contributed by atoms with Crippen molar-refractivity contribution in [1.29, 1.82) is 0 Å². The number of nitrogens with zero attached hydrogens (tertiary/aromatic N) is 2. The molecular weight excluding hydrogens is 535 g/mol. The van der Waals surface area contributed by atoms with Crippen molar-refractivity contribution in [1.82, 2.24) is 14.9 Å². The Labute approximate surface area is 203 Å². The highest BCUT2D eigenvalue weighted by Crippen LogP contribution is 2.28. The highest BCUT2D eigenvalue weighted by molar-refractivity contribution is 14.0. The van der Waals surface area contributed by atoms with Crippen molar-refractivity contribution in [3.8, 4) is 0 Å². The number of hydrogen-bond acceptors (Lipinski definition) is 5. The van der Waals surface area contributed by atoms with E-state index in [1.807, 2.05) is 26.8 Å². The molecule has 1 aromatic rings. The van der Waals surface area contributed by atoms with E-state index in [9.17, 15) is 8.42 Å². The Hall–Kier alpha value is -0.430. The third kappa shape index (κ3) is 9.37. The Balaban J connectivity index is 0.00000450. The summed E-state index contributed by atoms with van der Waals surface area (Å²) in [6, 6.07) is 3.62. The summed E-state index contributed by atoms with van der Waals surface area (Å²) < 4.78 is 32.7. The number of halogens is 1. The first kappa shape index (κ1) is 27.6. The van der Waals surface area contributed by atoms with Crippen LogP contribution in [0, 0.1) is 5.92 Å². The Kier molecular flexibility index (Phi) is 13.4. The molecular formula is C20H37IN4O3S2. The molecule has 1 heterocycles. The fourth-order valence-electron chi connectivity index (χ4n) is 2.86. The number of hydrogen-bond donors (Lipinski definition) is 2. The second-order valence-electron chi connectivity index (χ2n) is 7.12. The normalized spacial score (nSPS) is 14.6. The molecule has 0 radical (unpaired) electrons. The predicted molar refractivity (Wildman–Crippen MR) is 136 cm³/mol. The van der Waals surface area contributed by atoms with Crippen LogP contribution in [0.5, 0.6) is 0 Å². The van der Waals surface area contributed by atoms with Gasteiger partial charge in [0.25, 0.3) is 10.0 Å². The molecule has 0 aliphatic heterocycles. The van der Waals surface area contributed by atoms with E-state index in [1.54, 1.807) is 6.07 Å². The predicted octanol–water partition coefficient (Wildman–Crippen LogP) is 3.31. The first-order valence-corrected chi connectivity index (χ1v) is 13.0. The topological polar surface area (TPSA) is 83.0 Å². The second kappa shape index (κ2) is 14.6. The van der Waals surface area contributed by atoms with Crippen LogP contribution in [0.2, 0.25) is 0 Å². The molecule has 0 amide bonds. The van der Waals surface area contributed by atoms with Crippen LogP contribution < -0.4 is 10.6 Å². The molecule has 0 saturated heterocycles. The van der Waals surface area contributed by atoms with Crippen molar-refractivity contribution in [2.75, 3.05) is 45.9 Å². The summed E-state index contributed by atoms with van der Waals surface area (Å²) in [4.78, 5) is 5.63. The highest BCUT2D eigenvalue weighted by Gasteiger charge is 2.23. The molecule has 10 heteroatoms. The molecule has 1 aliphatic rings.